The number of thioether (sulfide) groups is 1. The first kappa shape index (κ1) is 17.9. The van der Waals surface area contributed by atoms with E-state index < -0.39 is 0 Å². The molecule has 7 heteroatoms. The fourth-order valence-corrected chi connectivity index (χ4v) is 4.54. The third-order valence-corrected chi connectivity index (χ3v) is 6.20. The summed E-state index contributed by atoms with van der Waals surface area (Å²) >= 11 is 3.12. The van der Waals surface area contributed by atoms with Crippen molar-refractivity contribution >= 4 is 34.7 Å². The number of rotatable bonds is 6. The summed E-state index contributed by atoms with van der Waals surface area (Å²) in [7, 11) is 1.63. The van der Waals surface area contributed by atoms with Gasteiger partial charge in [-0.1, -0.05) is 12.1 Å². The Labute approximate surface area is 165 Å². The van der Waals surface area contributed by atoms with E-state index in [9.17, 15) is 4.79 Å². The summed E-state index contributed by atoms with van der Waals surface area (Å²) in [5.41, 5.74) is 0.804. The molecule has 1 aliphatic heterocycles. The number of carbonyl (C=O) groups excluding carboxylic acids is 1. The van der Waals surface area contributed by atoms with Gasteiger partial charge in [-0.15, -0.1) is 23.1 Å². The van der Waals surface area contributed by atoms with Crippen LogP contribution in [0.5, 0.6) is 5.75 Å². The van der Waals surface area contributed by atoms with Crippen molar-refractivity contribution in [3.8, 4) is 5.75 Å². The third-order valence-electron chi connectivity index (χ3n) is 4.25. The van der Waals surface area contributed by atoms with E-state index in [0.29, 0.717) is 17.9 Å². The number of thiophene rings is 1. The van der Waals surface area contributed by atoms with Gasteiger partial charge in [0.15, 0.2) is 0 Å². The van der Waals surface area contributed by atoms with Gasteiger partial charge in [-0.3, -0.25) is 4.79 Å². The molecule has 0 saturated carbocycles. The third kappa shape index (κ3) is 3.94. The molecule has 1 aliphatic rings. The minimum Gasteiger partial charge on any atom is -0.497 e. The van der Waals surface area contributed by atoms with Crippen LogP contribution in [0, 0.1) is 0 Å². The van der Waals surface area contributed by atoms with Crippen LogP contribution in [0.4, 0.5) is 0 Å². The van der Waals surface area contributed by atoms with Gasteiger partial charge in [0.25, 0.3) is 5.91 Å². The summed E-state index contributed by atoms with van der Waals surface area (Å²) in [6, 6.07) is 15.4. The van der Waals surface area contributed by atoms with Gasteiger partial charge >= 0.3 is 0 Å². The lowest BCUT2D eigenvalue weighted by Gasteiger charge is -2.20. The number of ether oxygens (including phenoxy) is 1. The molecule has 0 radical (unpaired) electrons. The first-order valence-electron chi connectivity index (χ1n) is 8.48. The Morgan fingerprint density at radius 3 is 3.00 bits per heavy atom. The van der Waals surface area contributed by atoms with E-state index in [-0.39, 0.29) is 11.9 Å². The van der Waals surface area contributed by atoms with Crippen molar-refractivity contribution in [1.82, 2.24) is 5.01 Å². The maximum absolute atomic E-state index is 12.9. The van der Waals surface area contributed by atoms with E-state index in [1.807, 2.05) is 53.9 Å². The van der Waals surface area contributed by atoms with Crippen LogP contribution in [0.15, 0.2) is 74.6 Å². The van der Waals surface area contributed by atoms with Crippen molar-refractivity contribution in [2.45, 2.75) is 17.4 Å². The molecule has 0 fully saturated rings. The van der Waals surface area contributed by atoms with Crippen molar-refractivity contribution in [3.05, 3.63) is 70.8 Å². The standard InChI is InChI=1S/C20H18N2O3S2/c1-24-14-5-2-6-15(11-14)27-13-20(23)22-17(19-8-4-10-26-19)12-16(21-22)18-7-3-9-25-18/h2-11,17H,12-13H2,1H3. The Morgan fingerprint density at radius 1 is 1.33 bits per heavy atom. The molecule has 27 heavy (non-hydrogen) atoms. The molecule has 1 amide bonds. The SMILES string of the molecule is COc1cccc(SCC(=O)N2N=C(c3ccco3)CC2c2cccs2)c1. The van der Waals surface area contributed by atoms with E-state index in [0.717, 1.165) is 21.2 Å². The van der Waals surface area contributed by atoms with Gasteiger partial charge in [0.2, 0.25) is 0 Å². The van der Waals surface area contributed by atoms with Crippen molar-refractivity contribution in [2.24, 2.45) is 5.10 Å². The molecule has 2 aromatic heterocycles. The molecule has 4 rings (SSSR count). The summed E-state index contributed by atoms with van der Waals surface area (Å²) < 4.78 is 10.7. The average Bonchev–Trinajstić information content (AvgIpc) is 3.46. The Morgan fingerprint density at radius 2 is 2.26 bits per heavy atom. The molecule has 5 nitrogen and oxygen atoms in total. The second-order valence-corrected chi connectivity index (χ2v) is 7.99. The van der Waals surface area contributed by atoms with Crippen LogP contribution >= 0.6 is 23.1 Å². The lowest BCUT2D eigenvalue weighted by atomic mass is 10.1. The Balaban J connectivity index is 1.51. The van der Waals surface area contributed by atoms with Gasteiger partial charge in [-0.25, -0.2) is 5.01 Å². The van der Waals surface area contributed by atoms with E-state index in [2.05, 4.69) is 5.10 Å². The molecule has 0 spiro atoms. The zero-order valence-corrected chi connectivity index (χ0v) is 16.3. The highest BCUT2D eigenvalue weighted by Gasteiger charge is 2.34. The van der Waals surface area contributed by atoms with Crippen molar-refractivity contribution < 1.29 is 13.9 Å². The number of amides is 1. The predicted molar refractivity (Wildman–Crippen MR) is 107 cm³/mol. The van der Waals surface area contributed by atoms with Gasteiger partial charge < -0.3 is 9.15 Å². The van der Waals surface area contributed by atoms with Gasteiger partial charge in [0, 0.05) is 16.2 Å². The largest absolute Gasteiger partial charge is 0.497 e. The number of methoxy groups -OCH3 is 1. The predicted octanol–water partition coefficient (Wildman–Crippen LogP) is 4.82. The summed E-state index contributed by atoms with van der Waals surface area (Å²) in [5, 5.41) is 8.22. The van der Waals surface area contributed by atoms with Crippen LogP contribution in [0.1, 0.15) is 23.1 Å². The normalized spacial score (nSPS) is 16.4. The number of hydrazone groups is 1. The second-order valence-electron chi connectivity index (χ2n) is 5.97. The molecule has 0 aliphatic carbocycles. The van der Waals surface area contributed by atoms with Gasteiger partial charge in [0.05, 0.1) is 25.2 Å². The van der Waals surface area contributed by atoms with Crippen LogP contribution in [0.25, 0.3) is 0 Å². The van der Waals surface area contributed by atoms with E-state index >= 15 is 0 Å². The minimum atomic E-state index is -0.0801. The van der Waals surface area contributed by atoms with Gasteiger partial charge in [-0.05, 0) is 41.8 Å². The molecule has 0 saturated heterocycles. The monoisotopic (exact) mass is 398 g/mol. The fourth-order valence-electron chi connectivity index (χ4n) is 2.94. The number of nitrogens with zero attached hydrogens (tertiary/aromatic N) is 2. The number of benzene rings is 1. The lowest BCUT2D eigenvalue weighted by molar-refractivity contribution is -0.130. The highest BCUT2D eigenvalue weighted by molar-refractivity contribution is 8.00. The highest BCUT2D eigenvalue weighted by atomic mass is 32.2. The van der Waals surface area contributed by atoms with Crippen LogP contribution in [-0.4, -0.2) is 29.5 Å². The molecule has 1 aromatic carbocycles. The summed E-state index contributed by atoms with van der Waals surface area (Å²) in [4.78, 5) is 15.1. The number of hydrogen-bond acceptors (Lipinski definition) is 6. The first-order chi connectivity index (χ1) is 13.2. The number of furan rings is 1. The molecule has 0 N–H and O–H groups in total. The van der Waals surface area contributed by atoms with Crippen molar-refractivity contribution in [2.75, 3.05) is 12.9 Å². The van der Waals surface area contributed by atoms with E-state index in [1.165, 1.54) is 11.8 Å². The Kier molecular flexibility index (Phi) is 5.31. The summed E-state index contributed by atoms with van der Waals surface area (Å²) in [6.45, 7) is 0. The lowest BCUT2D eigenvalue weighted by Crippen LogP contribution is -2.28. The highest BCUT2D eigenvalue weighted by Crippen LogP contribution is 2.36. The van der Waals surface area contributed by atoms with Crippen molar-refractivity contribution in [1.29, 1.82) is 0 Å². The molecule has 3 heterocycles. The number of carbonyl (C=O) groups is 1. The first-order valence-corrected chi connectivity index (χ1v) is 10.3. The van der Waals surface area contributed by atoms with Gasteiger partial charge in [0.1, 0.15) is 17.2 Å². The van der Waals surface area contributed by atoms with E-state index in [4.69, 9.17) is 9.15 Å². The topological polar surface area (TPSA) is 55.0 Å². The molecule has 1 atom stereocenters. The second kappa shape index (κ2) is 8.02. The molecular formula is C20H18N2O3S2. The minimum absolute atomic E-state index is 0.0252. The van der Waals surface area contributed by atoms with Crippen LogP contribution in [-0.2, 0) is 4.79 Å². The number of hydrogen-bond donors (Lipinski definition) is 0. The summed E-state index contributed by atoms with van der Waals surface area (Å²) in [6.07, 6.45) is 2.28. The van der Waals surface area contributed by atoms with E-state index in [1.54, 1.807) is 29.7 Å². The Hall–Kier alpha value is -2.51. The zero-order chi connectivity index (χ0) is 18.6. The van der Waals surface area contributed by atoms with Crippen LogP contribution in [0.3, 0.4) is 0 Å². The maximum atomic E-state index is 12.9. The molecule has 0 bridgehead atoms. The smallest absolute Gasteiger partial charge is 0.253 e. The Bertz CT molecular complexity index is 936. The van der Waals surface area contributed by atoms with Gasteiger partial charge in [-0.2, -0.15) is 5.10 Å². The quantitative estimate of drug-likeness (QED) is 0.559. The zero-order valence-electron chi connectivity index (χ0n) is 14.7. The average molecular weight is 399 g/mol. The van der Waals surface area contributed by atoms with Crippen LogP contribution in [0.2, 0.25) is 0 Å². The maximum Gasteiger partial charge on any atom is 0.253 e. The molecular weight excluding hydrogens is 380 g/mol. The molecule has 138 valence electrons. The molecule has 1 unspecified atom stereocenters. The van der Waals surface area contributed by atoms with Crippen LogP contribution < -0.4 is 4.74 Å². The van der Waals surface area contributed by atoms with Crippen molar-refractivity contribution in [3.63, 3.8) is 0 Å². The summed E-state index contributed by atoms with van der Waals surface area (Å²) in [5.74, 6) is 1.78. The fraction of sp³-hybridized carbons (Fsp3) is 0.200. The molecule has 3 aromatic rings.